The highest BCUT2D eigenvalue weighted by Crippen LogP contribution is 2.23. The maximum atomic E-state index is 13.1. The lowest BCUT2D eigenvalue weighted by molar-refractivity contribution is -0.137. The monoisotopic (exact) mass is 474 g/mol. The van der Waals surface area contributed by atoms with Crippen LogP contribution in [0, 0.1) is 11.8 Å². The van der Waals surface area contributed by atoms with Gasteiger partial charge in [0, 0.05) is 26.2 Å². The van der Waals surface area contributed by atoms with Gasteiger partial charge >= 0.3 is 17.8 Å². The molecule has 184 valence electrons. The van der Waals surface area contributed by atoms with Crippen molar-refractivity contribution < 1.29 is 19.4 Å². The van der Waals surface area contributed by atoms with Crippen LogP contribution in [0.15, 0.2) is 9.59 Å². The van der Waals surface area contributed by atoms with E-state index in [1.54, 1.807) is 32.3 Å². The summed E-state index contributed by atoms with van der Waals surface area (Å²) in [6.45, 7) is 7.44. The third-order valence-corrected chi connectivity index (χ3v) is 5.34. The van der Waals surface area contributed by atoms with Crippen LogP contribution >= 0.6 is 0 Å². The third-order valence-electron chi connectivity index (χ3n) is 5.34. The molecular weight excluding hydrogens is 444 g/mol. The van der Waals surface area contributed by atoms with Crippen molar-refractivity contribution >= 4 is 29.2 Å². The number of imidazole rings is 1. The summed E-state index contributed by atoms with van der Waals surface area (Å²) in [5, 5.41) is 12.0. The first-order valence-electron chi connectivity index (χ1n) is 11.0. The standard InChI is InChI=1S/C22H30N6O6/c1-6-7-11-27-16-17(25(5)21(33)28(18(16)31)13-15(29)30)24-19(27)26-10-8-9-14(12-26)23-20(32)34-22(2,3)4/h14H,8-13H2,1-5H3,(H,23,32)(H,29,30). The first kappa shape index (κ1) is 24.9. The molecule has 2 aromatic heterocycles. The summed E-state index contributed by atoms with van der Waals surface area (Å²) >= 11 is 0. The van der Waals surface area contributed by atoms with E-state index >= 15 is 0 Å². The highest BCUT2D eigenvalue weighted by molar-refractivity contribution is 5.75. The predicted molar refractivity (Wildman–Crippen MR) is 125 cm³/mol. The summed E-state index contributed by atoms with van der Waals surface area (Å²) in [4.78, 5) is 55.8. The van der Waals surface area contributed by atoms with Crippen LogP contribution in [0.5, 0.6) is 0 Å². The van der Waals surface area contributed by atoms with Crippen molar-refractivity contribution in [1.82, 2.24) is 24.0 Å². The van der Waals surface area contributed by atoms with Gasteiger partial charge in [0.25, 0.3) is 5.56 Å². The zero-order valence-corrected chi connectivity index (χ0v) is 20.0. The maximum absolute atomic E-state index is 13.1. The second-order valence-electron chi connectivity index (χ2n) is 9.15. The molecule has 0 aliphatic carbocycles. The Hall–Kier alpha value is -3.75. The van der Waals surface area contributed by atoms with Crippen LogP contribution < -0.4 is 21.5 Å². The number of ether oxygens (including phenoxy) is 1. The molecule has 1 fully saturated rings. The fraction of sp³-hybridized carbons (Fsp3) is 0.591. The Balaban J connectivity index is 2.05. The number of aromatic nitrogens is 4. The molecule has 3 heterocycles. The van der Waals surface area contributed by atoms with Gasteiger partial charge in [0.1, 0.15) is 12.1 Å². The van der Waals surface area contributed by atoms with Gasteiger partial charge in [0.05, 0.1) is 6.54 Å². The van der Waals surface area contributed by atoms with Gasteiger partial charge in [-0.2, -0.15) is 4.98 Å². The number of nitrogens with zero attached hydrogens (tertiary/aromatic N) is 5. The number of fused-ring (bicyclic) bond motifs is 1. The SMILES string of the molecule is CC#CCn1c(N2CCCC(NC(=O)OC(C)(C)C)C2)nc2c1c(=O)n(CC(=O)O)c(=O)n2C. The quantitative estimate of drug-likeness (QED) is 0.597. The second kappa shape index (κ2) is 9.62. The molecule has 0 spiro atoms. The number of piperidine rings is 1. The molecule has 3 rings (SSSR count). The minimum atomic E-state index is -1.30. The molecule has 34 heavy (non-hydrogen) atoms. The molecule has 12 heteroatoms. The van der Waals surface area contributed by atoms with E-state index in [0.717, 1.165) is 12.8 Å². The summed E-state index contributed by atoms with van der Waals surface area (Å²) in [6.07, 6.45) is 0.989. The van der Waals surface area contributed by atoms with Crippen LogP contribution in [-0.4, -0.2) is 60.6 Å². The van der Waals surface area contributed by atoms with E-state index in [9.17, 15) is 19.2 Å². The van der Waals surface area contributed by atoms with Gasteiger partial charge in [0.2, 0.25) is 5.95 Å². The largest absolute Gasteiger partial charge is 0.480 e. The zero-order chi connectivity index (χ0) is 25.2. The van der Waals surface area contributed by atoms with E-state index < -0.39 is 35.5 Å². The van der Waals surface area contributed by atoms with Gasteiger partial charge in [-0.25, -0.2) is 14.2 Å². The van der Waals surface area contributed by atoms with Gasteiger partial charge in [-0.05, 0) is 40.5 Å². The molecule has 0 radical (unpaired) electrons. The number of alkyl carbamates (subject to hydrolysis) is 1. The van der Waals surface area contributed by atoms with Crippen LogP contribution in [0.3, 0.4) is 0 Å². The number of rotatable bonds is 5. The van der Waals surface area contributed by atoms with E-state index in [-0.39, 0.29) is 23.8 Å². The molecule has 2 N–H and O–H groups in total. The van der Waals surface area contributed by atoms with Crippen LogP contribution in [-0.2, 0) is 29.7 Å². The smallest absolute Gasteiger partial charge is 0.407 e. The van der Waals surface area contributed by atoms with Crippen molar-refractivity contribution in [1.29, 1.82) is 0 Å². The van der Waals surface area contributed by atoms with Crippen LogP contribution in [0.25, 0.3) is 11.2 Å². The van der Waals surface area contributed by atoms with E-state index in [1.807, 2.05) is 4.90 Å². The molecule has 0 aromatic carbocycles. The summed E-state index contributed by atoms with van der Waals surface area (Å²) < 4.78 is 8.80. The van der Waals surface area contributed by atoms with Crippen LogP contribution in [0.2, 0.25) is 0 Å². The summed E-state index contributed by atoms with van der Waals surface area (Å²) in [5.74, 6) is 4.83. The Bertz CT molecular complexity index is 1290. The predicted octanol–water partition coefficient (Wildman–Crippen LogP) is 0.498. The molecule has 1 atom stereocenters. The van der Waals surface area contributed by atoms with Crippen LogP contribution in [0.1, 0.15) is 40.5 Å². The van der Waals surface area contributed by atoms with E-state index in [2.05, 4.69) is 22.1 Å². The number of amides is 1. The average Bonchev–Trinajstić information content (AvgIpc) is 3.12. The highest BCUT2D eigenvalue weighted by atomic mass is 16.6. The van der Waals surface area contributed by atoms with E-state index in [0.29, 0.717) is 23.6 Å². The number of carbonyl (C=O) groups excluding carboxylic acids is 1. The van der Waals surface area contributed by atoms with Crippen molar-refractivity contribution in [3.8, 4) is 11.8 Å². The lowest BCUT2D eigenvalue weighted by Crippen LogP contribution is -2.49. The normalized spacial score (nSPS) is 16.1. The fourth-order valence-corrected chi connectivity index (χ4v) is 3.93. The van der Waals surface area contributed by atoms with Crippen molar-refractivity contribution in [2.45, 2.75) is 65.3 Å². The number of anilines is 1. The number of hydrogen-bond donors (Lipinski definition) is 2. The minimum Gasteiger partial charge on any atom is -0.480 e. The van der Waals surface area contributed by atoms with Gasteiger partial charge in [-0.1, -0.05) is 5.92 Å². The molecular formula is C22H30N6O6. The highest BCUT2D eigenvalue weighted by Gasteiger charge is 2.29. The molecule has 0 bridgehead atoms. The topological polar surface area (TPSA) is 141 Å². The summed E-state index contributed by atoms with van der Waals surface area (Å²) in [7, 11) is 1.44. The number of nitrogens with one attached hydrogen (secondary N) is 1. The zero-order valence-electron chi connectivity index (χ0n) is 20.0. The fourth-order valence-electron chi connectivity index (χ4n) is 3.93. The molecule has 1 amide bonds. The van der Waals surface area contributed by atoms with E-state index in [4.69, 9.17) is 9.84 Å². The van der Waals surface area contributed by atoms with Crippen molar-refractivity contribution in [2.75, 3.05) is 18.0 Å². The minimum absolute atomic E-state index is 0.100. The molecule has 2 aromatic rings. The second-order valence-corrected chi connectivity index (χ2v) is 9.15. The number of carboxylic acids is 1. The lowest BCUT2D eigenvalue weighted by atomic mass is 10.1. The molecule has 0 saturated carbocycles. The van der Waals surface area contributed by atoms with Gasteiger partial charge in [-0.3, -0.25) is 18.7 Å². The summed E-state index contributed by atoms with van der Waals surface area (Å²) in [5.41, 5.74) is -1.88. The molecule has 1 aliphatic heterocycles. The number of aliphatic carboxylic acids is 1. The lowest BCUT2D eigenvalue weighted by Gasteiger charge is -2.34. The summed E-state index contributed by atoms with van der Waals surface area (Å²) in [6, 6.07) is -0.207. The van der Waals surface area contributed by atoms with E-state index in [1.165, 1.54) is 11.6 Å². The molecule has 1 aliphatic rings. The Morgan fingerprint density at radius 1 is 1.26 bits per heavy atom. The number of carbonyl (C=O) groups is 2. The van der Waals surface area contributed by atoms with Crippen LogP contribution in [0.4, 0.5) is 10.7 Å². The molecule has 1 saturated heterocycles. The van der Waals surface area contributed by atoms with Crippen molar-refractivity contribution in [3.63, 3.8) is 0 Å². The van der Waals surface area contributed by atoms with Gasteiger partial charge in [-0.15, -0.1) is 5.92 Å². The first-order chi connectivity index (χ1) is 15.9. The number of carboxylic acid groups (broad SMARTS) is 1. The third kappa shape index (κ3) is 5.24. The number of hydrogen-bond acceptors (Lipinski definition) is 7. The molecule has 1 unspecified atom stereocenters. The first-order valence-corrected chi connectivity index (χ1v) is 11.0. The Morgan fingerprint density at radius 3 is 2.59 bits per heavy atom. The maximum Gasteiger partial charge on any atom is 0.407 e. The Labute approximate surface area is 196 Å². The average molecular weight is 475 g/mol. The molecule has 12 nitrogen and oxygen atoms in total. The Kier molecular flexibility index (Phi) is 7.04. The van der Waals surface area contributed by atoms with Gasteiger partial charge in [0.15, 0.2) is 11.2 Å². The van der Waals surface area contributed by atoms with Crippen molar-refractivity contribution in [3.05, 3.63) is 20.8 Å². The van der Waals surface area contributed by atoms with Gasteiger partial charge < -0.3 is 20.1 Å². The van der Waals surface area contributed by atoms with Crippen molar-refractivity contribution in [2.24, 2.45) is 7.05 Å². The number of aryl methyl sites for hydroxylation is 1. The Morgan fingerprint density at radius 2 is 1.97 bits per heavy atom.